The van der Waals surface area contributed by atoms with Crippen molar-refractivity contribution in [2.24, 2.45) is 0 Å². The number of pyridine rings is 1. The van der Waals surface area contributed by atoms with Crippen LogP contribution in [0.15, 0.2) is 54.6 Å². The van der Waals surface area contributed by atoms with Crippen molar-refractivity contribution >= 4 is 29.7 Å². The Morgan fingerprint density at radius 2 is 1.59 bits per heavy atom. The summed E-state index contributed by atoms with van der Waals surface area (Å²) in [5.41, 5.74) is 4.31. The van der Waals surface area contributed by atoms with E-state index in [1.54, 1.807) is 31.2 Å². The molecule has 1 aromatic carbocycles. The highest BCUT2D eigenvalue weighted by atomic mass is 16.5. The van der Waals surface area contributed by atoms with Crippen LogP contribution in [0.5, 0.6) is 0 Å². The molecular formula is C26H30N4O4. The Bertz CT molecular complexity index is 1080. The minimum Gasteiger partial charge on any atom is -0.335 e. The van der Waals surface area contributed by atoms with Crippen LogP contribution in [0.25, 0.3) is 12.2 Å². The second-order valence-electron chi connectivity index (χ2n) is 8.51. The topological polar surface area (TPSA) is 103 Å². The van der Waals surface area contributed by atoms with E-state index in [-0.39, 0.29) is 23.8 Å². The maximum atomic E-state index is 12.6. The fraction of sp³-hybridized carbons (Fsp3) is 0.308. The van der Waals surface area contributed by atoms with Crippen molar-refractivity contribution in [2.45, 2.75) is 39.4 Å². The average Bonchev–Trinajstić information content (AvgIpc) is 2.81. The van der Waals surface area contributed by atoms with Crippen LogP contribution in [-0.4, -0.2) is 62.8 Å². The third-order valence-corrected chi connectivity index (χ3v) is 5.72. The SMILES string of the molecule is CC(=O)N1[C@H](C)CN(Cc2ccc(C(=O)/C=C/c3cccc(/C=C/C(=O)NO)n3)cc2)C[C@@H]1C. The summed E-state index contributed by atoms with van der Waals surface area (Å²) in [6, 6.07) is 13.1. The monoisotopic (exact) mass is 462 g/mol. The molecule has 1 aromatic heterocycles. The maximum Gasteiger partial charge on any atom is 0.267 e. The molecule has 2 N–H and O–H groups in total. The molecule has 0 spiro atoms. The number of benzene rings is 1. The quantitative estimate of drug-likeness (QED) is 0.284. The van der Waals surface area contributed by atoms with Gasteiger partial charge >= 0.3 is 0 Å². The van der Waals surface area contributed by atoms with Crippen molar-refractivity contribution in [3.8, 4) is 0 Å². The first-order valence-corrected chi connectivity index (χ1v) is 11.2. The third-order valence-electron chi connectivity index (χ3n) is 5.72. The summed E-state index contributed by atoms with van der Waals surface area (Å²) in [6.45, 7) is 8.17. The van der Waals surface area contributed by atoms with Crippen molar-refractivity contribution in [3.05, 3.63) is 77.1 Å². The molecule has 8 heteroatoms. The van der Waals surface area contributed by atoms with Crippen LogP contribution in [0, 0.1) is 0 Å². The molecule has 0 saturated carbocycles. The molecule has 2 atom stereocenters. The van der Waals surface area contributed by atoms with Gasteiger partial charge in [-0.3, -0.25) is 24.5 Å². The summed E-state index contributed by atoms with van der Waals surface area (Å²) in [4.78, 5) is 44.1. The predicted octanol–water partition coefficient (Wildman–Crippen LogP) is 2.94. The molecule has 34 heavy (non-hydrogen) atoms. The van der Waals surface area contributed by atoms with Gasteiger partial charge in [0.15, 0.2) is 5.78 Å². The van der Waals surface area contributed by atoms with Gasteiger partial charge in [-0.25, -0.2) is 10.5 Å². The first kappa shape index (κ1) is 25.0. The van der Waals surface area contributed by atoms with Crippen LogP contribution in [0.2, 0.25) is 0 Å². The minimum absolute atomic E-state index is 0.114. The Morgan fingerprint density at radius 3 is 2.15 bits per heavy atom. The van der Waals surface area contributed by atoms with E-state index in [0.717, 1.165) is 31.3 Å². The third kappa shape index (κ3) is 6.69. The molecule has 0 unspecified atom stereocenters. The van der Waals surface area contributed by atoms with Crippen LogP contribution in [0.3, 0.4) is 0 Å². The fourth-order valence-corrected chi connectivity index (χ4v) is 4.32. The van der Waals surface area contributed by atoms with Gasteiger partial charge in [0.05, 0.1) is 11.4 Å². The zero-order chi connectivity index (χ0) is 24.7. The number of amides is 2. The zero-order valence-electron chi connectivity index (χ0n) is 19.6. The summed E-state index contributed by atoms with van der Waals surface area (Å²) >= 11 is 0. The fourth-order valence-electron chi connectivity index (χ4n) is 4.32. The summed E-state index contributed by atoms with van der Waals surface area (Å²) in [6.07, 6.45) is 5.71. The first-order valence-electron chi connectivity index (χ1n) is 11.2. The molecule has 1 fully saturated rings. The summed E-state index contributed by atoms with van der Waals surface area (Å²) in [7, 11) is 0. The molecule has 2 amide bonds. The van der Waals surface area contributed by atoms with Crippen LogP contribution >= 0.6 is 0 Å². The lowest BCUT2D eigenvalue weighted by molar-refractivity contribution is -0.136. The molecule has 2 heterocycles. The van der Waals surface area contributed by atoms with Gasteiger partial charge in [0.2, 0.25) is 5.91 Å². The van der Waals surface area contributed by atoms with Crippen molar-refractivity contribution in [1.29, 1.82) is 0 Å². The van der Waals surface area contributed by atoms with E-state index >= 15 is 0 Å². The largest absolute Gasteiger partial charge is 0.335 e. The van der Waals surface area contributed by atoms with Crippen molar-refractivity contribution in [1.82, 2.24) is 20.3 Å². The van der Waals surface area contributed by atoms with Crippen LogP contribution in [-0.2, 0) is 16.1 Å². The van der Waals surface area contributed by atoms with Gasteiger partial charge in [-0.2, -0.15) is 0 Å². The van der Waals surface area contributed by atoms with E-state index in [0.29, 0.717) is 17.0 Å². The second kappa shape index (κ2) is 11.5. The number of piperazine rings is 1. The van der Waals surface area contributed by atoms with E-state index in [2.05, 4.69) is 23.7 Å². The van der Waals surface area contributed by atoms with Gasteiger partial charge < -0.3 is 4.90 Å². The van der Waals surface area contributed by atoms with Gasteiger partial charge in [0.1, 0.15) is 0 Å². The van der Waals surface area contributed by atoms with Gasteiger partial charge in [-0.05, 0) is 49.8 Å². The minimum atomic E-state index is -0.649. The summed E-state index contributed by atoms with van der Waals surface area (Å²) in [5.74, 6) is -0.668. The number of carbonyl (C=O) groups is 3. The lowest BCUT2D eigenvalue weighted by Gasteiger charge is -2.44. The number of hydrogen-bond acceptors (Lipinski definition) is 6. The molecule has 2 aromatic rings. The van der Waals surface area contributed by atoms with Gasteiger partial charge in [-0.1, -0.05) is 30.3 Å². The average molecular weight is 463 g/mol. The van der Waals surface area contributed by atoms with Crippen LogP contribution < -0.4 is 5.48 Å². The highest BCUT2D eigenvalue weighted by Gasteiger charge is 2.30. The number of hydrogen-bond donors (Lipinski definition) is 2. The van der Waals surface area contributed by atoms with Crippen molar-refractivity contribution in [3.63, 3.8) is 0 Å². The molecule has 3 rings (SSSR count). The lowest BCUT2D eigenvalue weighted by Crippen LogP contribution is -2.57. The van der Waals surface area contributed by atoms with E-state index < -0.39 is 5.91 Å². The van der Waals surface area contributed by atoms with Crippen molar-refractivity contribution in [2.75, 3.05) is 13.1 Å². The van der Waals surface area contributed by atoms with E-state index in [9.17, 15) is 14.4 Å². The number of ketones is 1. The molecule has 178 valence electrons. The number of nitrogens with one attached hydrogen (secondary N) is 1. The number of aromatic nitrogens is 1. The Labute approximate surface area is 199 Å². The molecule has 0 radical (unpaired) electrons. The van der Waals surface area contributed by atoms with Gasteiger partial charge in [-0.15, -0.1) is 0 Å². The van der Waals surface area contributed by atoms with Crippen molar-refractivity contribution < 1.29 is 19.6 Å². The first-order chi connectivity index (χ1) is 16.3. The predicted molar refractivity (Wildman–Crippen MR) is 130 cm³/mol. The molecule has 0 bridgehead atoms. The van der Waals surface area contributed by atoms with Gasteiger partial charge in [0.25, 0.3) is 5.91 Å². The number of hydroxylamine groups is 1. The molecule has 1 saturated heterocycles. The molecule has 0 aliphatic carbocycles. The second-order valence-corrected chi connectivity index (χ2v) is 8.51. The number of allylic oxidation sites excluding steroid dienone is 1. The maximum absolute atomic E-state index is 12.6. The summed E-state index contributed by atoms with van der Waals surface area (Å²) < 4.78 is 0. The smallest absolute Gasteiger partial charge is 0.267 e. The number of carbonyl (C=O) groups excluding carboxylic acids is 3. The lowest BCUT2D eigenvalue weighted by atomic mass is 10.0. The Balaban J connectivity index is 1.59. The normalized spacial score (nSPS) is 19.0. The van der Waals surface area contributed by atoms with E-state index in [1.807, 2.05) is 29.2 Å². The van der Waals surface area contributed by atoms with E-state index in [4.69, 9.17) is 5.21 Å². The number of nitrogens with zero attached hydrogens (tertiary/aromatic N) is 3. The number of rotatable bonds is 7. The Kier molecular flexibility index (Phi) is 8.45. The molecule has 8 nitrogen and oxygen atoms in total. The zero-order valence-corrected chi connectivity index (χ0v) is 19.6. The standard InChI is InChI=1S/C26H30N4O4/c1-18-15-29(16-19(2)30(18)20(3)31)17-21-7-9-22(10-8-21)25(32)13-11-23-5-4-6-24(27-23)12-14-26(33)28-34/h4-14,18-19,34H,15-17H2,1-3H3,(H,28,33)/b13-11+,14-12+/t18-,19+. The molecule has 1 aliphatic rings. The van der Waals surface area contributed by atoms with E-state index in [1.165, 1.54) is 17.6 Å². The Morgan fingerprint density at radius 1 is 1.00 bits per heavy atom. The van der Waals surface area contributed by atoms with Crippen LogP contribution in [0.4, 0.5) is 0 Å². The molecule has 1 aliphatic heterocycles. The Hall–Kier alpha value is -3.62. The van der Waals surface area contributed by atoms with Gasteiger partial charge in [0, 0.05) is 50.3 Å². The highest BCUT2D eigenvalue weighted by molar-refractivity contribution is 6.06. The molecular weight excluding hydrogens is 432 g/mol. The van der Waals surface area contributed by atoms with Crippen LogP contribution in [0.1, 0.15) is 48.1 Å². The highest BCUT2D eigenvalue weighted by Crippen LogP contribution is 2.18. The summed E-state index contributed by atoms with van der Waals surface area (Å²) in [5, 5.41) is 8.53.